The van der Waals surface area contributed by atoms with E-state index in [1.807, 2.05) is 27.7 Å². The second-order valence-corrected chi connectivity index (χ2v) is 4.40. The van der Waals surface area contributed by atoms with Gasteiger partial charge in [0.2, 0.25) is 0 Å². The lowest BCUT2D eigenvalue weighted by Gasteiger charge is -2.10. The summed E-state index contributed by atoms with van der Waals surface area (Å²) in [7, 11) is 0. The van der Waals surface area contributed by atoms with E-state index in [-0.39, 0.29) is 0 Å². The second kappa shape index (κ2) is 9.36. The zero-order chi connectivity index (χ0) is 15.7. The quantitative estimate of drug-likeness (QED) is 0.531. The van der Waals surface area contributed by atoms with Crippen LogP contribution in [0.5, 0.6) is 0 Å². The summed E-state index contributed by atoms with van der Waals surface area (Å²) in [6.07, 6.45) is 4.31. The fraction of sp³-hybridized carbons (Fsp3) is 0.400. The first-order valence-electron chi connectivity index (χ1n) is 7.77. The Hall–Kier alpha value is -1.56. The lowest BCUT2D eigenvalue weighted by Crippen LogP contribution is -1.88. The molecule has 0 nitrogen and oxygen atoms in total. The van der Waals surface area contributed by atoms with Crippen LogP contribution in [0.3, 0.4) is 0 Å². The van der Waals surface area contributed by atoms with Crippen LogP contribution >= 0.6 is 0 Å². The smallest absolute Gasteiger partial charge is 0.0106 e. The van der Waals surface area contributed by atoms with Gasteiger partial charge in [0.25, 0.3) is 0 Å². The number of allylic oxidation sites excluding steroid dienone is 1. The minimum atomic E-state index is 1.34. The average Bonchev–Trinajstić information content (AvgIpc) is 2.50. The highest BCUT2D eigenvalue weighted by Gasteiger charge is 2.05. The van der Waals surface area contributed by atoms with Gasteiger partial charge in [0, 0.05) is 0 Å². The molecule has 0 saturated heterocycles. The molecule has 0 fully saturated rings. The van der Waals surface area contributed by atoms with Crippen molar-refractivity contribution in [3.8, 4) is 0 Å². The highest BCUT2D eigenvalue weighted by atomic mass is 14.1. The monoisotopic (exact) mass is 270 g/mol. The van der Waals surface area contributed by atoms with Crippen molar-refractivity contribution in [2.75, 3.05) is 0 Å². The van der Waals surface area contributed by atoms with E-state index in [0.29, 0.717) is 0 Å². The average molecular weight is 270 g/mol. The summed E-state index contributed by atoms with van der Waals surface area (Å²) in [5.74, 6) is 0. The van der Waals surface area contributed by atoms with Gasteiger partial charge in [0.15, 0.2) is 0 Å². The summed E-state index contributed by atoms with van der Waals surface area (Å²) in [5, 5.41) is 2.74. The maximum atomic E-state index is 2.24. The molecule has 0 unspecified atom stereocenters. The van der Waals surface area contributed by atoms with E-state index >= 15 is 0 Å². The topological polar surface area (TPSA) is 0 Å². The van der Waals surface area contributed by atoms with Gasteiger partial charge < -0.3 is 0 Å². The van der Waals surface area contributed by atoms with Crippen molar-refractivity contribution in [1.82, 2.24) is 0 Å². The van der Waals surface area contributed by atoms with Gasteiger partial charge in [-0.25, -0.2) is 0 Å². The molecule has 110 valence electrons. The van der Waals surface area contributed by atoms with E-state index < -0.39 is 0 Å². The highest BCUT2D eigenvalue weighted by Crippen LogP contribution is 2.27. The number of fused-ring (bicyclic) bond motifs is 1. The first-order chi connectivity index (χ1) is 9.65. The Morgan fingerprint density at radius 3 is 1.75 bits per heavy atom. The molecule has 0 heteroatoms. The molecule has 0 bridgehead atoms. The summed E-state index contributed by atoms with van der Waals surface area (Å²) < 4.78 is 0. The first-order valence-corrected chi connectivity index (χ1v) is 7.77. The number of hydrogen-bond acceptors (Lipinski definition) is 0. The Morgan fingerprint density at radius 1 is 0.700 bits per heavy atom. The van der Waals surface area contributed by atoms with E-state index in [9.17, 15) is 0 Å². The predicted octanol–water partition coefficient (Wildman–Crippen LogP) is 6.85. The fourth-order valence-electron chi connectivity index (χ4n) is 2.19. The molecule has 0 aliphatic heterocycles. The van der Waals surface area contributed by atoms with Gasteiger partial charge in [-0.1, -0.05) is 64.1 Å². The lowest BCUT2D eigenvalue weighted by atomic mass is 9.94. The Kier molecular flexibility index (Phi) is 8.63. The molecular formula is C20H30. The van der Waals surface area contributed by atoms with E-state index in [1.54, 1.807) is 0 Å². The molecule has 2 rings (SSSR count). The molecule has 2 aromatic carbocycles. The molecule has 0 aliphatic carbocycles. The molecule has 20 heavy (non-hydrogen) atoms. The summed E-state index contributed by atoms with van der Waals surface area (Å²) in [6, 6.07) is 8.90. The number of aryl methyl sites for hydroxylation is 3. The molecule has 0 saturated carbocycles. The Bertz CT molecular complexity index is 560. The van der Waals surface area contributed by atoms with Crippen LogP contribution in [0.15, 0.2) is 30.3 Å². The van der Waals surface area contributed by atoms with Crippen LogP contribution in [0, 0.1) is 20.8 Å². The minimum absolute atomic E-state index is 1.34. The van der Waals surface area contributed by atoms with Crippen molar-refractivity contribution in [2.45, 2.75) is 55.4 Å². The Labute approximate surface area is 125 Å². The van der Waals surface area contributed by atoms with Crippen LogP contribution < -0.4 is 0 Å². The van der Waals surface area contributed by atoms with E-state index in [0.717, 1.165) is 0 Å². The van der Waals surface area contributed by atoms with Gasteiger partial charge >= 0.3 is 0 Å². The molecule has 0 N–H and O–H groups in total. The maximum Gasteiger partial charge on any atom is -0.0106 e. The zero-order valence-electron chi connectivity index (χ0n) is 14.5. The summed E-state index contributed by atoms with van der Waals surface area (Å²) in [6.45, 7) is 16.6. The molecule has 2 aromatic rings. The van der Waals surface area contributed by atoms with Crippen molar-refractivity contribution >= 4 is 16.8 Å². The zero-order valence-corrected chi connectivity index (χ0v) is 14.5. The van der Waals surface area contributed by atoms with Crippen LogP contribution in [0.25, 0.3) is 16.8 Å². The minimum Gasteiger partial charge on any atom is -0.0870 e. The molecule has 0 radical (unpaired) electrons. The van der Waals surface area contributed by atoms with Crippen molar-refractivity contribution in [3.63, 3.8) is 0 Å². The Balaban J connectivity index is 0.000000829. The van der Waals surface area contributed by atoms with Crippen LogP contribution in [-0.4, -0.2) is 0 Å². The molecule has 0 aliphatic rings. The number of benzene rings is 2. The fourth-order valence-corrected chi connectivity index (χ4v) is 2.19. The second-order valence-electron chi connectivity index (χ2n) is 4.40. The lowest BCUT2D eigenvalue weighted by molar-refractivity contribution is 1.37. The standard InChI is InChI=1S/C16H18.2C2H6/c1-5-6-14-12(3)8-9-15-13(4)11(2)7-10-16(14)15;2*1-2/h5-10H,1-4H3;2*1-2H3/b6-5-;;. The van der Waals surface area contributed by atoms with Crippen LogP contribution in [0.4, 0.5) is 0 Å². The molecule has 0 aromatic heterocycles. The summed E-state index contributed by atoms with van der Waals surface area (Å²) >= 11 is 0. The van der Waals surface area contributed by atoms with Crippen LogP contribution in [-0.2, 0) is 0 Å². The van der Waals surface area contributed by atoms with Crippen LogP contribution in [0.2, 0.25) is 0 Å². The third-order valence-electron chi connectivity index (χ3n) is 3.33. The molecule has 0 heterocycles. The van der Waals surface area contributed by atoms with E-state index in [4.69, 9.17) is 0 Å². The van der Waals surface area contributed by atoms with Crippen molar-refractivity contribution in [3.05, 3.63) is 52.6 Å². The highest BCUT2D eigenvalue weighted by molar-refractivity contribution is 5.94. The third-order valence-corrected chi connectivity index (χ3v) is 3.33. The first kappa shape index (κ1) is 18.4. The van der Waals surface area contributed by atoms with E-state index in [2.05, 4.69) is 64.1 Å². The number of hydrogen-bond donors (Lipinski definition) is 0. The van der Waals surface area contributed by atoms with Gasteiger partial charge in [0.05, 0.1) is 0 Å². The van der Waals surface area contributed by atoms with E-state index in [1.165, 1.54) is 33.0 Å². The predicted molar refractivity (Wildman–Crippen MR) is 95.6 cm³/mol. The summed E-state index contributed by atoms with van der Waals surface area (Å²) in [4.78, 5) is 0. The number of rotatable bonds is 1. The third kappa shape index (κ3) is 3.96. The summed E-state index contributed by atoms with van der Waals surface area (Å²) in [5.41, 5.74) is 5.45. The van der Waals surface area contributed by atoms with Crippen molar-refractivity contribution in [2.24, 2.45) is 0 Å². The Morgan fingerprint density at radius 2 is 1.20 bits per heavy atom. The SMILES string of the molecule is C/C=C\c1c(C)ccc2c(C)c(C)ccc12.CC.CC. The van der Waals surface area contributed by atoms with Crippen molar-refractivity contribution < 1.29 is 0 Å². The normalized spacial score (nSPS) is 9.80. The van der Waals surface area contributed by atoms with Crippen molar-refractivity contribution in [1.29, 1.82) is 0 Å². The molecular weight excluding hydrogens is 240 g/mol. The van der Waals surface area contributed by atoms with Gasteiger partial charge in [-0.2, -0.15) is 0 Å². The van der Waals surface area contributed by atoms with Gasteiger partial charge in [0.1, 0.15) is 0 Å². The molecule has 0 spiro atoms. The molecule has 0 amide bonds. The van der Waals surface area contributed by atoms with Gasteiger partial charge in [-0.3, -0.25) is 0 Å². The van der Waals surface area contributed by atoms with Gasteiger partial charge in [-0.15, -0.1) is 0 Å². The largest absolute Gasteiger partial charge is 0.0870 e. The van der Waals surface area contributed by atoms with Crippen LogP contribution in [0.1, 0.15) is 56.9 Å². The molecule has 0 atom stereocenters. The maximum absolute atomic E-state index is 2.24. The van der Waals surface area contributed by atoms with Gasteiger partial charge in [-0.05, 0) is 60.7 Å².